The molecule has 0 saturated carbocycles. The minimum atomic E-state index is -0.0323. The van der Waals surface area contributed by atoms with E-state index in [-0.39, 0.29) is 11.9 Å². The second-order valence-electron chi connectivity index (χ2n) is 5.70. The second kappa shape index (κ2) is 5.63. The van der Waals surface area contributed by atoms with Crippen LogP contribution in [0.2, 0.25) is 0 Å². The van der Waals surface area contributed by atoms with Gasteiger partial charge in [-0.05, 0) is 32.1 Å². The van der Waals surface area contributed by atoms with Crippen LogP contribution in [0.25, 0.3) is 0 Å². The zero-order chi connectivity index (χ0) is 14.0. The third-order valence-corrected chi connectivity index (χ3v) is 3.96. The number of aryl methyl sites for hydroxylation is 1. The number of rotatable bonds is 3. The van der Waals surface area contributed by atoms with E-state index < -0.39 is 0 Å². The normalized spacial score (nSPS) is 23.6. The van der Waals surface area contributed by atoms with Crippen molar-refractivity contribution in [1.82, 2.24) is 15.1 Å². The lowest BCUT2D eigenvalue weighted by molar-refractivity contribution is 0.0569. The largest absolute Gasteiger partial charge is 0.395 e. The van der Waals surface area contributed by atoms with Gasteiger partial charge in [0.15, 0.2) is 5.69 Å². The first-order valence-corrected chi connectivity index (χ1v) is 7.18. The summed E-state index contributed by atoms with van der Waals surface area (Å²) in [7, 11) is 0. The van der Waals surface area contributed by atoms with Crippen LogP contribution >= 0.6 is 0 Å². The summed E-state index contributed by atoms with van der Waals surface area (Å²) in [5.74, 6) is 0.519. The standard InChI is InChI=1S/C14H24N4O/c1-4-5-11-12(15)13(17-16-11)14(19)18-8-9(2)6-7-10(18)3/h9-10H,4-8,15H2,1-3H3,(H,16,17). The molecule has 1 fully saturated rings. The first kappa shape index (κ1) is 13.9. The highest BCUT2D eigenvalue weighted by atomic mass is 16.2. The fourth-order valence-electron chi connectivity index (χ4n) is 2.70. The van der Waals surface area contributed by atoms with Crippen molar-refractivity contribution < 1.29 is 4.79 Å². The molecule has 5 heteroatoms. The van der Waals surface area contributed by atoms with Gasteiger partial charge in [0.1, 0.15) is 0 Å². The van der Waals surface area contributed by atoms with Crippen LogP contribution in [0.1, 0.15) is 56.2 Å². The van der Waals surface area contributed by atoms with Gasteiger partial charge in [0.25, 0.3) is 5.91 Å². The zero-order valence-corrected chi connectivity index (χ0v) is 12.1. The first-order chi connectivity index (χ1) is 9.04. The minimum Gasteiger partial charge on any atom is -0.395 e. The van der Waals surface area contributed by atoms with E-state index in [2.05, 4.69) is 31.0 Å². The Morgan fingerprint density at radius 1 is 1.47 bits per heavy atom. The van der Waals surface area contributed by atoms with Gasteiger partial charge in [-0.1, -0.05) is 20.3 Å². The van der Waals surface area contributed by atoms with Crippen molar-refractivity contribution in [2.75, 3.05) is 12.3 Å². The maximum absolute atomic E-state index is 12.6. The summed E-state index contributed by atoms with van der Waals surface area (Å²) in [5.41, 5.74) is 7.83. The molecule has 2 heterocycles. The maximum atomic E-state index is 12.6. The van der Waals surface area contributed by atoms with Crippen LogP contribution < -0.4 is 5.73 Å². The number of aromatic amines is 1. The quantitative estimate of drug-likeness (QED) is 0.879. The Bertz CT molecular complexity index is 454. The SMILES string of the molecule is CCCc1[nH]nc(C(=O)N2CC(C)CCC2C)c1N. The topological polar surface area (TPSA) is 75.0 Å². The predicted molar refractivity (Wildman–Crippen MR) is 75.9 cm³/mol. The number of nitrogen functional groups attached to an aromatic ring is 1. The molecule has 0 radical (unpaired) electrons. The third kappa shape index (κ3) is 2.74. The summed E-state index contributed by atoms with van der Waals surface area (Å²) in [6, 6.07) is 0.273. The molecule has 0 aromatic carbocycles. The Labute approximate surface area is 114 Å². The number of nitrogens with one attached hydrogen (secondary N) is 1. The van der Waals surface area contributed by atoms with Crippen molar-refractivity contribution in [3.05, 3.63) is 11.4 Å². The van der Waals surface area contributed by atoms with Crippen LogP contribution in [0.4, 0.5) is 5.69 Å². The number of anilines is 1. The number of nitrogens with two attached hydrogens (primary N) is 1. The summed E-state index contributed by atoms with van der Waals surface area (Å²) in [6.45, 7) is 7.16. The molecule has 2 rings (SSSR count). The molecule has 2 atom stereocenters. The van der Waals surface area contributed by atoms with Crippen molar-refractivity contribution in [2.24, 2.45) is 5.92 Å². The number of carbonyl (C=O) groups excluding carboxylic acids is 1. The molecule has 1 saturated heterocycles. The smallest absolute Gasteiger partial charge is 0.276 e. The average Bonchev–Trinajstić information content (AvgIpc) is 2.74. The van der Waals surface area contributed by atoms with Gasteiger partial charge in [-0.3, -0.25) is 9.89 Å². The molecule has 19 heavy (non-hydrogen) atoms. The van der Waals surface area contributed by atoms with Crippen LogP contribution in [0.5, 0.6) is 0 Å². The van der Waals surface area contributed by atoms with Gasteiger partial charge in [0, 0.05) is 12.6 Å². The molecule has 1 amide bonds. The number of hydrogen-bond acceptors (Lipinski definition) is 3. The molecule has 0 spiro atoms. The Balaban J connectivity index is 2.19. The molecular formula is C14H24N4O. The number of likely N-dealkylation sites (tertiary alicyclic amines) is 1. The molecule has 5 nitrogen and oxygen atoms in total. The number of aromatic nitrogens is 2. The fourth-order valence-corrected chi connectivity index (χ4v) is 2.70. The predicted octanol–water partition coefficient (Wildman–Crippen LogP) is 2.21. The Morgan fingerprint density at radius 3 is 2.89 bits per heavy atom. The van der Waals surface area contributed by atoms with E-state index in [4.69, 9.17) is 5.73 Å². The lowest BCUT2D eigenvalue weighted by Crippen LogP contribution is -2.45. The van der Waals surface area contributed by atoms with Gasteiger partial charge in [-0.25, -0.2) is 0 Å². The van der Waals surface area contributed by atoms with Gasteiger partial charge in [0.2, 0.25) is 0 Å². The van der Waals surface area contributed by atoms with Crippen molar-refractivity contribution >= 4 is 11.6 Å². The number of H-pyrrole nitrogens is 1. The van der Waals surface area contributed by atoms with E-state index in [1.54, 1.807) is 0 Å². The molecular weight excluding hydrogens is 240 g/mol. The lowest BCUT2D eigenvalue weighted by atomic mass is 9.94. The molecule has 1 aromatic heterocycles. The van der Waals surface area contributed by atoms with Crippen LogP contribution in [0.3, 0.4) is 0 Å². The van der Waals surface area contributed by atoms with E-state index in [0.29, 0.717) is 17.3 Å². The average molecular weight is 264 g/mol. The van der Waals surface area contributed by atoms with Gasteiger partial charge in [0.05, 0.1) is 11.4 Å². The lowest BCUT2D eigenvalue weighted by Gasteiger charge is -2.36. The monoisotopic (exact) mass is 264 g/mol. The number of amides is 1. The van der Waals surface area contributed by atoms with Crippen molar-refractivity contribution in [3.63, 3.8) is 0 Å². The molecule has 1 aromatic rings. The minimum absolute atomic E-state index is 0.0323. The van der Waals surface area contributed by atoms with E-state index in [9.17, 15) is 4.79 Å². The summed E-state index contributed by atoms with van der Waals surface area (Å²) in [4.78, 5) is 14.5. The molecule has 1 aliphatic heterocycles. The van der Waals surface area contributed by atoms with Gasteiger partial charge in [-0.2, -0.15) is 5.10 Å². The number of hydrogen-bond donors (Lipinski definition) is 2. The van der Waals surface area contributed by atoms with E-state index in [1.165, 1.54) is 6.42 Å². The Hall–Kier alpha value is -1.52. The molecule has 0 bridgehead atoms. The Morgan fingerprint density at radius 2 is 2.21 bits per heavy atom. The van der Waals surface area contributed by atoms with Crippen LogP contribution in [0.15, 0.2) is 0 Å². The fraction of sp³-hybridized carbons (Fsp3) is 0.714. The molecule has 3 N–H and O–H groups in total. The van der Waals surface area contributed by atoms with E-state index in [0.717, 1.165) is 31.5 Å². The highest BCUT2D eigenvalue weighted by Gasteiger charge is 2.30. The summed E-state index contributed by atoms with van der Waals surface area (Å²) >= 11 is 0. The second-order valence-corrected chi connectivity index (χ2v) is 5.70. The van der Waals surface area contributed by atoms with Crippen LogP contribution in [-0.2, 0) is 6.42 Å². The first-order valence-electron chi connectivity index (χ1n) is 7.18. The zero-order valence-electron chi connectivity index (χ0n) is 12.1. The molecule has 2 unspecified atom stereocenters. The summed E-state index contributed by atoms with van der Waals surface area (Å²) in [5, 5.41) is 7.03. The highest BCUT2D eigenvalue weighted by molar-refractivity contribution is 5.97. The van der Waals surface area contributed by atoms with E-state index >= 15 is 0 Å². The van der Waals surface area contributed by atoms with Gasteiger partial charge in [-0.15, -0.1) is 0 Å². The molecule has 0 aliphatic carbocycles. The highest BCUT2D eigenvalue weighted by Crippen LogP contribution is 2.25. The van der Waals surface area contributed by atoms with Crippen LogP contribution in [-0.4, -0.2) is 33.6 Å². The Kier molecular flexibility index (Phi) is 4.12. The molecule has 1 aliphatic rings. The number of carbonyl (C=O) groups is 1. The van der Waals surface area contributed by atoms with Crippen molar-refractivity contribution in [3.8, 4) is 0 Å². The number of piperidine rings is 1. The van der Waals surface area contributed by atoms with Crippen molar-refractivity contribution in [1.29, 1.82) is 0 Å². The maximum Gasteiger partial charge on any atom is 0.276 e. The van der Waals surface area contributed by atoms with Crippen molar-refractivity contribution in [2.45, 2.75) is 52.5 Å². The third-order valence-electron chi connectivity index (χ3n) is 3.96. The van der Waals surface area contributed by atoms with Gasteiger partial charge < -0.3 is 10.6 Å². The molecule has 106 valence electrons. The van der Waals surface area contributed by atoms with E-state index in [1.807, 2.05) is 4.90 Å². The number of nitrogens with zero attached hydrogens (tertiary/aromatic N) is 2. The summed E-state index contributed by atoms with van der Waals surface area (Å²) < 4.78 is 0. The van der Waals surface area contributed by atoms with Crippen LogP contribution in [0, 0.1) is 5.92 Å². The summed E-state index contributed by atoms with van der Waals surface area (Å²) in [6.07, 6.45) is 4.05. The van der Waals surface area contributed by atoms with Gasteiger partial charge >= 0.3 is 0 Å².